The number of rotatable bonds is 0. The number of benzene rings is 2. The molecule has 2 heterocycles. The quantitative estimate of drug-likeness (QED) is 0.336. The van der Waals surface area contributed by atoms with Gasteiger partial charge in [-0.15, -0.1) is 0 Å². The summed E-state index contributed by atoms with van der Waals surface area (Å²) < 4.78 is 0. The number of H-pyrrole nitrogens is 2. The van der Waals surface area contributed by atoms with E-state index in [1.807, 2.05) is 48.8 Å². The number of nitrogens with one attached hydrogen (secondary N) is 2. The third kappa shape index (κ3) is 4.42. The topological polar surface area (TPSA) is 28.3 Å². The van der Waals surface area contributed by atoms with Crippen molar-refractivity contribution in [2.45, 2.75) is 0 Å². The normalized spacial score (nSPS) is 9.09. The predicted octanol–water partition coefficient (Wildman–Crippen LogP) is -2.68. The molecular weight excluding hydrogens is 315 g/mol. The summed E-state index contributed by atoms with van der Waals surface area (Å²) in [5.41, 5.74) is 2.37. The summed E-state index contributed by atoms with van der Waals surface area (Å²) in [7, 11) is 0. The zero-order valence-corrected chi connectivity index (χ0v) is 13.4. The Morgan fingerprint density at radius 1 is 0.455 bits per heavy atom. The molecule has 0 fully saturated rings. The van der Waals surface area contributed by atoms with Crippen LogP contribution in [0.3, 0.4) is 0 Å². The van der Waals surface area contributed by atoms with E-state index in [4.69, 9.17) is 0 Å². The molecule has 112 valence electrons. The van der Waals surface area contributed by atoms with Crippen molar-refractivity contribution < 1.29 is 34.8 Å². The lowest BCUT2D eigenvalue weighted by atomic mass is 10.2. The van der Waals surface area contributed by atoms with Gasteiger partial charge in [0.1, 0.15) is 0 Å². The summed E-state index contributed by atoms with van der Waals surface area (Å²) in [6.45, 7) is 0. The molecule has 2 aromatic carbocycles. The molecular formula is C18H16Cl2N2. The van der Waals surface area contributed by atoms with Crippen molar-refractivity contribution in [3.05, 3.63) is 85.2 Å². The van der Waals surface area contributed by atoms with Crippen LogP contribution in [0.15, 0.2) is 85.2 Å². The number of aromatic amines is 2. The fraction of sp³-hybridized carbons (Fsp3) is 0. The summed E-state index contributed by atoms with van der Waals surface area (Å²) in [4.78, 5) is 6.30. The van der Waals surface area contributed by atoms with Gasteiger partial charge in [0, 0.05) is 35.0 Å². The van der Waals surface area contributed by atoms with Crippen molar-refractivity contribution in [2.24, 2.45) is 0 Å². The van der Waals surface area contributed by atoms with E-state index >= 15 is 0 Å². The summed E-state index contributed by atoms with van der Waals surface area (Å²) in [5.74, 6) is 0. The lowest BCUT2D eigenvalue weighted by molar-refractivity contribution is -0.345. The highest BCUT2D eigenvalue weighted by Crippen LogP contribution is 2.05. The van der Waals surface area contributed by atoms with Crippen molar-refractivity contribution in [3.63, 3.8) is 0 Å². The van der Waals surface area contributed by atoms with Crippen LogP contribution in [0.4, 0.5) is 0 Å². The van der Waals surface area contributed by atoms with E-state index in [0.717, 1.165) is 0 Å². The maximum atomic E-state index is 3.15. The number of fused-ring (bicyclic) bond motifs is 2. The van der Waals surface area contributed by atoms with Crippen LogP contribution in [0, 0.1) is 0 Å². The first-order valence-electron chi connectivity index (χ1n) is 6.64. The van der Waals surface area contributed by atoms with Crippen LogP contribution in [0.5, 0.6) is 0 Å². The Morgan fingerprint density at radius 3 is 1.23 bits per heavy atom. The number of halogens is 2. The Hall–Kier alpha value is -2.16. The minimum absolute atomic E-state index is 0. The van der Waals surface area contributed by atoms with E-state index in [0.29, 0.717) is 0 Å². The number of hydrogen-bond donors (Lipinski definition) is 0. The average molecular weight is 331 g/mol. The first kappa shape index (κ1) is 17.9. The second-order valence-corrected chi connectivity index (χ2v) is 4.51. The number of pyridine rings is 2. The van der Waals surface area contributed by atoms with Gasteiger partial charge in [0.2, 0.25) is 11.0 Å². The van der Waals surface area contributed by atoms with Crippen molar-refractivity contribution in [1.82, 2.24) is 0 Å². The van der Waals surface area contributed by atoms with E-state index in [-0.39, 0.29) is 24.8 Å². The van der Waals surface area contributed by atoms with Crippen molar-refractivity contribution in [1.29, 1.82) is 0 Å². The van der Waals surface area contributed by atoms with Crippen LogP contribution in [0.2, 0.25) is 0 Å². The highest BCUT2D eigenvalue weighted by Gasteiger charge is 1.93. The molecule has 0 radical (unpaired) electrons. The highest BCUT2D eigenvalue weighted by atomic mass is 35.5. The van der Waals surface area contributed by atoms with Gasteiger partial charge in [0.05, 0.1) is 0 Å². The van der Waals surface area contributed by atoms with Crippen molar-refractivity contribution in [2.75, 3.05) is 0 Å². The molecule has 0 bridgehead atoms. The second-order valence-electron chi connectivity index (χ2n) is 4.51. The fourth-order valence-electron chi connectivity index (χ4n) is 2.13. The Morgan fingerprint density at radius 2 is 0.818 bits per heavy atom. The molecule has 0 aliphatic carbocycles. The Kier molecular flexibility index (Phi) is 7.30. The molecule has 0 aliphatic heterocycles. The van der Waals surface area contributed by atoms with Crippen LogP contribution in [-0.2, 0) is 0 Å². The summed E-state index contributed by atoms with van der Waals surface area (Å²) in [6.07, 6.45) is 3.87. The van der Waals surface area contributed by atoms with E-state index in [1.54, 1.807) is 0 Å². The second kappa shape index (κ2) is 8.98. The Labute approximate surface area is 142 Å². The maximum Gasteiger partial charge on any atom is 0.210 e. The number of hydrogen-bond acceptors (Lipinski definition) is 0. The smallest absolute Gasteiger partial charge is 0.210 e. The fourth-order valence-corrected chi connectivity index (χ4v) is 2.13. The van der Waals surface area contributed by atoms with E-state index in [1.165, 1.54) is 21.8 Å². The molecule has 0 atom stereocenters. The highest BCUT2D eigenvalue weighted by molar-refractivity contribution is 5.75. The van der Waals surface area contributed by atoms with Crippen LogP contribution in [-0.4, -0.2) is 0 Å². The molecule has 2 nitrogen and oxygen atoms in total. The Balaban J connectivity index is 0.000000202. The molecule has 0 saturated heterocycles. The molecule has 4 heteroatoms. The van der Waals surface area contributed by atoms with Gasteiger partial charge >= 0.3 is 0 Å². The summed E-state index contributed by atoms with van der Waals surface area (Å²) >= 11 is 0. The lowest BCUT2D eigenvalue weighted by Gasteiger charge is -1.85. The van der Waals surface area contributed by atoms with Crippen molar-refractivity contribution >= 4 is 21.8 Å². The van der Waals surface area contributed by atoms with Gasteiger partial charge in [-0.3, -0.25) is 0 Å². The van der Waals surface area contributed by atoms with Gasteiger partial charge < -0.3 is 24.8 Å². The predicted molar refractivity (Wildman–Crippen MR) is 81.0 cm³/mol. The monoisotopic (exact) mass is 330 g/mol. The third-order valence-electron chi connectivity index (χ3n) is 3.14. The molecule has 22 heavy (non-hydrogen) atoms. The molecule has 0 unspecified atom stereocenters. The van der Waals surface area contributed by atoms with Gasteiger partial charge in [0.15, 0.2) is 12.4 Å². The van der Waals surface area contributed by atoms with Gasteiger partial charge in [-0.2, -0.15) is 0 Å². The van der Waals surface area contributed by atoms with Crippen LogP contribution in [0.1, 0.15) is 0 Å². The molecule has 4 aromatic rings. The minimum Gasteiger partial charge on any atom is -1.00 e. The zero-order valence-electron chi connectivity index (χ0n) is 11.8. The van der Waals surface area contributed by atoms with Gasteiger partial charge in [-0.1, -0.05) is 24.3 Å². The van der Waals surface area contributed by atoms with E-state index < -0.39 is 0 Å². The molecule has 0 spiro atoms. The van der Waals surface area contributed by atoms with E-state index in [9.17, 15) is 0 Å². The molecule has 0 amide bonds. The molecule has 2 N–H and O–H groups in total. The van der Waals surface area contributed by atoms with Gasteiger partial charge in [0.25, 0.3) is 0 Å². The molecule has 0 aliphatic rings. The van der Waals surface area contributed by atoms with Crippen LogP contribution in [0.25, 0.3) is 21.8 Å². The van der Waals surface area contributed by atoms with Crippen LogP contribution >= 0.6 is 0 Å². The maximum absolute atomic E-state index is 3.15. The van der Waals surface area contributed by atoms with E-state index in [2.05, 4.69) is 46.4 Å². The van der Waals surface area contributed by atoms with Gasteiger partial charge in [-0.05, 0) is 24.3 Å². The standard InChI is InChI=1S/2C9H7N.2ClH/c2*1-2-6-9-8(4-1)5-3-7-10-9;;/h2*1-7H;2*1H. The first-order valence-corrected chi connectivity index (χ1v) is 6.64. The Bertz CT molecular complexity index is 632. The molecule has 2 aromatic heterocycles. The minimum atomic E-state index is 0. The third-order valence-corrected chi connectivity index (χ3v) is 3.14. The average Bonchev–Trinajstić information content (AvgIpc) is 2.56. The summed E-state index contributed by atoms with van der Waals surface area (Å²) in [5, 5.41) is 2.51. The first-order chi connectivity index (χ1) is 9.93. The number of para-hydroxylation sites is 2. The molecule has 4 rings (SSSR count). The summed E-state index contributed by atoms with van der Waals surface area (Å²) in [6, 6.07) is 24.6. The zero-order chi connectivity index (χ0) is 13.6. The largest absolute Gasteiger partial charge is 1.00 e. The lowest BCUT2D eigenvalue weighted by Crippen LogP contribution is -3.00. The van der Waals surface area contributed by atoms with Crippen LogP contribution < -0.4 is 34.8 Å². The molecule has 0 saturated carbocycles. The van der Waals surface area contributed by atoms with Gasteiger partial charge in [-0.25, -0.2) is 9.97 Å². The number of aromatic nitrogens is 2. The SMILES string of the molecule is [Cl-].[Cl-].c1ccc2[nH+]cccc2c1.c1ccc2[nH+]cccc2c1. The van der Waals surface area contributed by atoms with Crippen molar-refractivity contribution in [3.8, 4) is 0 Å².